The van der Waals surface area contributed by atoms with E-state index in [2.05, 4.69) is 0 Å². The molecule has 146 valence electrons. The van der Waals surface area contributed by atoms with Crippen molar-refractivity contribution < 1.29 is 4.79 Å². The van der Waals surface area contributed by atoms with Crippen molar-refractivity contribution >= 4 is 22.5 Å². The molecule has 0 spiro atoms. The minimum Gasteiger partial charge on any atom is -0.314 e. The fourth-order valence-corrected chi connectivity index (χ4v) is 3.26. The second-order valence-electron chi connectivity index (χ2n) is 6.99. The molecule has 0 radical (unpaired) electrons. The summed E-state index contributed by atoms with van der Waals surface area (Å²) in [4.78, 5) is 40.2. The Balaban J connectivity index is 2.05. The number of fused-ring (bicyclic) bond motifs is 1. The summed E-state index contributed by atoms with van der Waals surface area (Å²) in [6.07, 6.45) is 1.60. The number of amides is 1. The molecule has 6 nitrogen and oxygen atoms in total. The van der Waals surface area contributed by atoms with E-state index in [1.165, 1.54) is 14.0 Å². The number of likely N-dealkylation sites (N-methyl/N-ethyl adjacent to an activating group) is 1. The molecule has 1 amide bonds. The van der Waals surface area contributed by atoms with Gasteiger partial charge in [0.15, 0.2) is 0 Å². The summed E-state index contributed by atoms with van der Waals surface area (Å²) in [7, 11) is 1.69. The minimum atomic E-state index is -0.442. The molecule has 0 bridgehead atoms. The van der Waals surface area contributed by atoms with Crippen molar-refractivity contribution in [1.29, 1.82) is 0 Å². The van der Waals surface area contributed by atoms with Crippen LogP contribution in [0.1, 0.15) is 25.3 Å². The number of carbonyl (C=O) groups is 1. The van der Waals surface area contributed by atoms with Crippen molar-refractivity contribution in [2.45, 2.75) is 39.8 Å². The van der Waals surface area contributed by atoms with Crippen LogP contribution in [0.4, 0.5) is 5.69 Å². The molecule has 6 heteroatoms. The van der Waals surface area contributed by atoms with E-state index in [4.69, 9.17) is 0 Å². The van der Waals surface area contributed by atoms with E-state index in [0.29, 0.717) is 17.4 Å². The van der Waals surface area contributed by atoms with Crippen molar-refractivity contribution in [3.8, 4) is 0 Å². The van der Waals surface area contributed by atoms with E-state index in [1.807, 2.05) is 38.1 Å². The van der Waals surface area contributed by atoms with E-state index in [0.717, 1.165) is 24.1 Å². The SMILES string of the molecule is CCCCn1c(=O)c2ccccc2n(CC(=O)N(C)c2cccc(C)c2)c1=O. The Labute approximate surface area is 163 Å². The van der Waals surface area contributed by atoms with Crippen molar-refractivity contribution in [3.05, 3.63) is 74.9 Å². The molecule has 0 N–H and O–H groups in total. The van der Waals surface area contributed by atoms with Gasteiger partial charge in [0, 0.05) is 19.3 Å². The predicted octanol–water partition coefficient (Wildman–Crippen LogP) is 2.93. The summed E-state index contributed by atoms with van der Waals surface area (Å²) in [5.74, 6) is -0.224. The first kappa shape index (κ1) is 19.6. The van der Waals surface area contributed by atoms with Crippen LogP contribution < -0.4 is 16.1 Å². The van der Waals surface area contributed by atoms with E-state index < -0.39 is 5.69 Å². The normalized spacial score (nSPS) is 11.0. The average Bonchev–Trinajstić information content (AvgIpc) is 2.70. The van der Waals surface area contributed by atoms with Crippen LogP contribution in [-0.2, 0) is 17.9 Å². The molecule has 0 aliphatic rings. The largest absolute Gasteiger partial charge is 0.331 e. The van der Waals surface area contributed by atoms with Crippen LogP contribution in [0.25, 0.3) is 10.9 Å². The van der Waals surface area contributed by atoms with Gasteiger partial charge in [-0.1, -0.05) is 37.6 Å². The van der Waals surface area contributed by atoms with Gasteiger partial charge in [0.25, 0.3) is 5.56 Å². The summed E-state index contributed by atoms with van der Waals surface area (Å²) in [5.41, 5.74) is 1.55. The van der Waals surface area contributed by atoms with Crippen LogP contribution in [0.2, 0.25) is 0 Å². The Hall–Kier alpha value is -3.15. The van der Waals surface area contributed by atoms with E-state index in [-0.39, 0.29) is 18.0 Å². The van der Waals surface area contributed by atoms with Gasteiger partial charge in [0.2, 0.25) is 5.91 Å². The van der Waals surface area contributed by atoms with Gasteiger partial charge in [-0.2, -0.15) is 0 Å². The fraction of sp³-hybridized carbons (Fsp3) is 0.318. The van der Waals surface area contributed by atoms with E-state index in [9.17, 15) is 14.4 Å². The standard InChI is InChI=1S/C22H25N3O3/c1-4-5-13-24-21(27)18-11-6-7-12-19(18)25(22(24)28)15-20(26)23(3)17-10-8-9-16(2)14-17/h6-12,14H,4-5,13,15H2,1-3H3. The minimum absolute atomic E-state index is 0.129. The molecule has 3 aromatic rings. The lowest BCUT2D eigenvalue weighted by Crippen LogP contribution is -2.43. The fourth-order valence-electron chi connectivity index (χ4n) is 3.26. The number of unbranched alkanes of at least 4 members (excludes halogenated alkanes) is 1. The third-order valence-corrected chi connectivity index (χ3v) is 4.92. The van der Waals surface area contributed by atoms with Crippen LogP contribution in [0.15, 0.2) is 58.1 Å². The van der Waals surface area contributed by atoms with Crippen LogP contribution >= 0.6 is 0 Å². The Kier molecular flexibility index (Phi) is 5.78. The number of carbonyl (C=O) groups excluding carboxylic acids is 1. The predicted molar refractivity (Wildman–Crippen MR) is 112 cm³/mol. The lowest BCUT2D eigenvalue weighted by Gasteiger charge is -2.20. The van der Waals surface area contributed by atoms with Crippen molar-refractivity contribution in [1.82, 2.24) is 9.13 Å². The summed E-state index contributed by atoms with van der Waals surface area (Å²) in [6.45, 7) is 4.19. The van der Waals surface area contributed by atoms with Gasteiger partial charge in [-0.25, -0.2) is 4.79 Å². The molecule has 3 rings (SSSR count). The number of para-hydroxylation sites is 1. The maximum atomic E-state index is 13.0. The summed E-state index contributed by atoms with van der Waals surface area (Å²) < 4.78 is 2.65. The van der Waals surface area contributed by atoms with Gasteiger partial charge < -0.3 is 4.90 Å². The van der Waals surface area contributed by atoms with Gasteiger partial charge in [-0.3, -0.25) is 18.7 Å². The molecule has 0 unspecified atom stereocenters. The maximum absolute atomic E-state index is 13.0. The second-order valence-corrected chi connectivity index (χ2v) is 6.99. The van der Waals surface area contributed by atoms with Crippen LogP contribution in [0, 0.1) is 6.92 Å². The van der Waals surface area contributed by atoms with Crippen LogP contribution in [-0.4, -0.2) is 22.1 Å². The van der Waals surface area contributed by atoms with Gasteiger partial charge in [0.05, 0.1) is 10.9 Å². The number of rotatable bonds is 6. The number of nitrogens with zero attached hydrogens (tertiary/aromatic N) is 3. The summed E-state index contributed by atoms with van der Waals surface area (Å²) >= 11 is 0. The zero-order valence-electron chi connectivity index (χ0n) is 16.5. The highest BCUT2D eigenvalue weighted by atomic mass is 16.2. The molecule has 28 heavy (non-hydrogen) atoms. The average molecular weight is 379 g/mol. The monoisotopic (exact) mass is 379 g/mol. The first-order valence-electron chi connectivity index (χ1n) is 9.49. The molecule has 1 heterocycles. The van der Waals surface area contributed by atoms with Gasteiger partial charge in [-0.05, 0) is 43.2 Å². The third-order valence-electron chi connectivity index (χ3n) is 4.92. The number of hydrogen-bond donors (Lipinski definition) is 0. The molecular formula is C22H25N3O3. The Morgan fingerprint density at radius 3 is 2.50 bits per heavy atom. The third kappa shape index (κ3) is 3.76. The molecule has 2 aromatic carbocycles. The van der Waals surface area contributed by atoms with Gasteiger partial charge in [0.1, 0.15) is 6.54 Å². The van der Waals surface area contributed by atoms with Crippen LogP contribution in [0.3, 0.4) is 0 Å². The Morgan fingerprint density at radius 1 is 1.04 bits per heavy atom. The van der Waals surface area contributed by atoms with E-state index in [1.54, 1.807) is 31.3 Å². The quantitative estimate of drug-likeness (QED) is 0.661. The number of aromatic nitrogens is 2. The Bertz CT molecular complexity index is 1130. The summed E-state index contributed by atoms with van der Waals surface area (Å²) in [6, 6.07) is 14.6. The van der Waals surface area contributed by atoms with Crippen LogP contribution in [0.5, 0.6) is 0 Å². The highest BCUT2D eigenvalue weighted by Gasteiger charge is 2.17. The molecule has 0 fully saturated rings. The first-order chi connectivity index (χ1) is 13.4. The van der Waals surface area contributed by atoms with Crippen molar-refractivity contribution in [3.63, 3.8) is 0 Å². The first-order valence-corrected chi connectivity index (χ1v) is 9.49. The maximum Gasteiger partial charge on any atom is 0.331 e. The molecular weight excluding hydrogens is 354 g/mol. The Morgan fingerprint density at radius 2 is 1.79 bits per heavy atom. The van der Waals surface area contributed by atoms with Gasteiger partial charge in [-0.15, -0.1) is 0 Å². The molecule has 0 atom stereocenters. The van der Waals surface area contributed by atoms with E-state index >= 15 is 0 Å². The number of hydrogen-bond acceptors (Lipinski definition) is 3. The molecule has 0 aliphatic carbocycles. The second kappa shape index (κ2) is 8.25. The zero-order valence-corrected chi connectivity index (χ0v) is 16.5. The molecule has 1 aromatic heterocycles. The topological polar surface area (TPSA) is 64.3 Å². The number of anilines is 1. The number of benzene rings is 2. The zero-order chi connectivity index (χ0) is 20.3. The highest BCUT2D eigenvalue weighted by Crippen LogP contribution is 2.15. The highest BCUT2D eigenvalue weighted by molar-refractivity contribution is 5.93. The summed E-state index contributed by atoms with van der Waals surface area (Å²) in [5, 5.41) is 0.448. The lowest BCUT2D eigenvalue weighted by molar-refractivity contribution is -0.118. The smallest absolute Gasteiger partial charge is 0.314 e. The molecule has 0 aliphatic heterocycles. The van der Waals surface area contributed by atoms with Crippen molar-refractivity contribution in [2.24, 2.45) is 0 Å². The van der Waals surface area contributed by atoms with Gasteiger partial charge >= 0.3 is 5.69 Å². The lowest BCUT2D eigenvalue weighted by atomic mass is 10.2. The molecule has 0 saturated carbocycles. The number of aryl methyl sites for hydroxylation is 1. The van der Waals surface area contributed by atoms with Crippen molar-refractivity contribution in [2.75, 3.05) is 11.9 Å². The molecule has 0 saturated heterocycles.